The van der Waals surface area contributed by atoms with Gasteiger partial charge in [0, 0.05) is 17.7 Å². The van der Waals surface area contributed by atoms with Gasteiger partial charge in [0.15, 0.2) is 0 Å². The Morgan fingerprint density at radius 2 is 1.88 bits per heavy atom. The van der Waals surface area contributed by atoms with Gasteiger partial charge in [-0.25, -0.2) is 4.79 Å². The molecule has 16 heavy (non-hydrogen) atoms. The first kappa shape index (κ1) is 15.1. The van der Waals surface area contributed by atoms with E-state index in [0.29, 0.717) is 12.1 Å². The van der Waals surface area contributed by atoms with E-state index in [4.69, 9.17) is 0 Å². The predicted molar refractivity (Wildman–Crippen MR) is 64.2 cm³/mol. The fraction of sp³-hybridized carbons (Fsp3) is 0.750. The second-order valence-corrected chi connectivity index (χ2v) is 4.94. The molecule has 0 saturated carbocycles. The molecule has 94 valence electrons. The van der Waals surface area contributed by atoms with Gasteiger partial charge in [-0.1, -0.05) is 6.08 Å². The minimum atomic E-state index is -0.833. The number of carbonyl (C=O) groups excluding carboxylic acids is 1. The van der Waals surface area contributed by atoms with Crippen LogP contribution in [0.15, 0.2) is 11.6 Å². The fourth-order valence-electron chi connectivity index (χ4n) is 0.920. The van der Waals surface area contributed by atoms with Crippen molar-refractivity contribution >= 4 is 5.97 Å². The van der Waals surface area contributed by atoms with Gasteiger partial charge in [0.05, 0.1) is 12.7 Å². The summed E-state index contributed by atoms with van der Waals surface area (Å²) in [4.78, 5) is 11.1. The lowest BCUT2D eigenvalue weighted by Gasteiger charge is -2.38. The third-order valence-corrected chi connectivity index (χ3v) is 2.99. The van der Waals surface area contributed by atoms with Gasteiger partial charge in [0.1, 0.15) is 0 Å². The van der Waals surface area contributed by atoms with Crippen molar-refractivity contribution in [3.05, 3.63) is 11.6 Å². The number of ether oxygens (including phenoxy) is 1. The van der Waals surface area contributed by atoms with Gasteiger partial charge in [0.25, 0.3) is 0 Å². The highest BCUT2D eigenvalue weighted by Gasteiger charge is 2.33. The minimum Gasteiger partial charge on any atom is -0.466 e. The van der Waals surface area contributed by atoms with Crippen LogP contribution in [0.5, 0.6) is 0 Å². The zero-order chi connectivity index (χ0) is 13.0. The van der Waals surface area contributed by atoms with E-state index in [2.05, 4.69) is 10.1 Å². The zero-order valence-corrected chi connectivity index (χ0v) is 11.0. The number of aliphatic hydroxyl groups is 1. The van der Waals surface area contributed by atoms with E-state index in [0.717, 1.165) is 0 Å². The Morgan fingerprint density at radius 3 is 2.25 bits per heavy atom. The molecule has 0 spiro atoms. The molecule has 2 N–H and O–H groups in total. The molecular formula is C12H23NO3. The van der Waals surface area contributed by atoms with E-state index in [9.17, 15) is 9.90 Å². The highest BCUT2D eigenvalue weighted by Crippen LogP contribution is 2.20. The van der Waals surface area contributed by atoms with Crippen molar-refractivity contribution in [2.75, 3.05) is 13.7 Å². The number of esters is 1. The zero-order valence-electron chi connectivity index (χ0n) is 11.0. The van der Waals surface area contributed by atoms with Crippen LogP contribution in [0.4, 0.5) is 0 Å². The van der Waals surface area contributed by atoms with Crippen molar-refractivity contribution in [3.63, 3.8) is 0 Å². The van der Waals surface area contributed by atoms with Crippen LogP contribution in [0.3, 0.4) is 0 Å². The number of rotatable bonds is 5. The Bertz CT molecular complexity index is 274. The van der Waals surface area contributed by atoms with Crippen LogP contribution >= 0.6 is 0 Å². The van der Waals surface area contributed by atoms with E-state index in [1.165, 1.54) is 7.11 Å². The summed E-state index contributed by atoms with van der Waals surface area (Å²) >= 11 is 0. The molecule has 4 heteroatoms. The van der Waals surface area contributed by atoms with Crippen LogP contribution < -0.4 is 5.32 Å². The van der Waals surface area contributed by atoms with Gasteiger partial charge in [0.2, 0.25) is 0 Å². The Labute approximate surface area is 97.7 Å². The summed E-state index contributed by atoms with van der Waals surface area (Å²) in [7, 11) is 1.36. The molecule has 0 fully saturated rings. The molecule has 0 heterocycles. The second-order valence-electron chi connectivity index (χ2n) is 4.94. The number of nitrogens with one attached hydrogen (secondary N) is 1. The molecule has 0 unspecified atom stereocenters. The molecule has 0 rings (SSSR count). The Hall–Kier alpha value is -0.870. The molecule has 0 amide bonds. The normalized spacial score (nSPS) is 13.8. The van der Waals surface area contributed by atoms with E-state index >= 15 is 0 Å². The van der Waals surface area contributed by atoms with Crippen molar-refractivity contribution in [1.82, 2.24) is 5.32 Å². The molecule has 0 saturated heterocycles. The first-order chi connectivity index (χ1) is 7.12. The smallest absolute Gasteiger partial charge is 0.333 e. The Morgan fingerprint density at radius 1 is 1.38 bits per heavy atom. The molecule has 0 aliphatic rings. The van der Waals surface area contributed by atoms with Crippen molar-refractivity contribution in [3.8, 4) is 0 Å². The summed E-state index contributed by atoms with van der Waals surface area (Å²) in [6.07, 6.45) is 1.75. The molecule has 0 aromatic heterocycles. The summed E-state index contributed by atoms with van der Waals surface area (Å²) in [5.41, 5.74) is -0.707. The van der Waals surface area contributed by atoms with Crippen molar-refractivity contribution in [2.24, 2.45) is 0 Å². The maximum absolute atomic E-state index is 11.1. The molecule has 0 atom stereocenters. The summed E-state index contributed by atoms with van der Waals surface area (Å²) in [6, 6.07) is 0. The molecular weight excluding hydrogens is 206 g/mol. The highest BCUT2D eigenvalue weighted by molar-refractivity contribution is 5.87. The van der Waals surface area contributed by atoms with E-state index < -0.39 is 11.1 Å². The van der Waals surface area contributed by atoms with Crippen LogP contribution in [-0.4, -0.2) is 35.9 Å². The third kappa shape index (κ3) is 4.33. The summed E-state index contributed by atoms with van der Waals surface area (Å²) < 4.78 is 4.58. The van der Waals surface area contributed by atoms with Crippen LogP contribution in [0.1, 0.15) is 34.6 Å². The second kappa shape index (κ2) is 5.46. The third-order valence-electron chi connectivity index (χ3n) is 2.99. The Balaban J connectivity index is 4.33. The molecule has 0 bridgehead atoms. The monoisotopic (exact) mass is 229 g/mol. The lowest BCUT2D eigenvalue weighted by molar-refractivity contribution is -0.136. The van der Waals surface area contributed by atoms with E-state index in [1.807, 2.05) is 13.8 Å². The maximum Gasteiger partial charge on any atom is 0.333 e. The predicted octanol–water partition coefficient (Wildman–Crippen LogP) is 1.24. The maximum atomic E-state index is 11.1. The quantitative estimate of drug-likeness (QED) is 0.550. The number of hydrogen-bond donors (Lipinski definition) is 2. The lowest BCUT2D eigenvalue weighted by Crippen LogP contribution is -2.55. The van der Waals surface area contributed by atoms with Gasteiger partial charge < -0.3 is 15.2 Å². The highest BCUT2D eigenvalue weighted by atomic mass is 16.5. The van der Waals surface area contributed by atoms with Gasteiger partial charge >= 0.3 is 5.97 Å². The number of methoxy groups -OCH3 is 1. The molecule has 0 aromatic rings. The molecule has 0 aliphatic carbocycles. The average Bonchev–Trinajstić information content (AvgIpc) is 2.14. The standard InChI is InChI=1S/C12H23NO3/c1-9(10(14)16-6)7-8-13-11(2,3)12(4,5)15/h7,13,15H,8H2,1-6H3. The molecule has 0 aromatic carbocycles. The van der Waals surface area contributed by atoms with Crippen LogP contribution in [0, 0.1) is 0 Å². The van der Waals surface area contributed by atoms with Crippen LogP contribution in [0.25, 0.3) is 0 Å². The van der Waals surface area contributed by atoms with Gasteiger partial charge in [-0.2, -0.15) is 0 Å². The average molecular weight is 229 g/mol. The van der Waals surface area contributed by atoms with Gasteiger partial charge in [-0.3, -0.25) is 0 Å². The lowest BCUT2D eigenvalue weighted by atomic mass is 9.86. The van der Waals surface area contributed by atoms with Gasteiger partial charge in [-0.15, -0.1) is 0 Å². The van der Waals surface area contributed by atoms with Crippen LogP contribution in [-0.2, 0) is 9.53 Å². The summed E-state index contributed by atoms with van der Waals surface area (Å²) in [5.74, 6) is -0.331. The first-order valence-corrected chi connectivity index (χ1v) is 5.34. The minimum absolute atomic E-state index is 0.331. The van der Waals surface area contributed by atoms with Crippen molar-refractivity contribution in [1.29, 1.82) is 0 Å². The number of hydrogen-bond acceptors (Lipinski definition) is 4. The largest absolute Gasteiger partial charge is 0.466 e. The summed E-state index contributed by atoms with van der Waals surface area (Å²) in [5, 5.41) is 13.1. The van der Waals surface area contributed by atoms with E-state index in [-0.39, 0.29) is 5.97 Å². The molecule has 0 aliphatic heterocycles. The SMILES string of the molecule is COC(=O)C(C)=CCNC(C)(C)C(C)(C)O. The fourth-order valence-corrected chi connectivity index (χ4v) is 0.920. The van der Waals surface area contributed by atoms with Crippen molar-refractivity contribution < 1.29 is 14.6 Å². The van der Waals surface area contributed by atoms with Crippen molar-refractivity contribution in [2.45, 2.75) is 45.8 Å². The molecule has 4 nitrogen and oxygen atoms in total. The van der Waals surface area contributed by atoms with Gasteiger partial charge in [-0.05, 0) is 34.6 Å². The van der Waals surface area contributed by atoms with Crippen LogP contribution in [0.2, 0.25) is 0 Å². The van der Waals surface area contributed by atoms with E-state index in [1.54, 1.807) is 26.8 Å². The number of carbonyl (C=O) groups is 1. The Kier molecular flexibility index (Phi) is 5.16. The first-order valence-electron chi connectivity index (χ1n) is 5.34. The summed E-state index contributed by atoms with van der Waals surface area (Å²) in [6.45, 7) is 9.53. The topological polar surface area (TPSA) is 58.6 Å². The molecule has 0 radical (unpaired) electrons.